The highest BCUT2D eigenvalue weighted by Gasteiger charge is 2.22. The summed E-state index contributed by atoms with van der Waals surface area (Å²) < 4.78 is 0. The van der Waals surface area contributed by atoms with Crippen molar-refractivity contribution in [2.45, 2.75) is 31.7 Å². The minimum Gasteiger partial charge on any atom is -0.397 e. The van der Waals surface area contributed by atoms with Crippen molar-refractivity contribution in [2.24, 2.45) is 0 Å². The molecular weight excluding hydrogens is 254 g/mol. The Bertz CT molecular complexity index is 450. The number of nitrogens with zero attached hydrogens (tertiary/aromatic N) is 1. The summed E-state index contributed by atoms with van der Waals surface area (Å²) in [6.07, 6.45) is 3.47. The maximum absolute atomic E-state index is 11.9. The van der Waals surface area contributed by atoms with Gasteiger partial charge in [0.15, 0.2) is 0 Å². The van der Waals surface area contributed by atoms with E-state index in [-0.39, 0.29) is 18.6 Å². The Labute approximate surface area is 119 Å². The van der Waals surface area contributed by atoms with Gasteiger partial charge in [0.1, 0.15) is 0 Å². The van der Waals surface area contributed by atoms with Gasteiger partial charge >= 0.3 is 0 Å². The molecule has 4 N–H and O–H groups in total. The smallest absolute Gasteiger partial charge is 0.224 e. The molecule has 0 saturated carbocycles. The number of para-hydroxylation sites is 2. The molecule has 1 atom stereocenters. The molecule has 1 aliphatic rings. The fourth-order valence-electron chi connectivity index (χ4n) is 2.66. The molecule has 0 spiro atoms. The second kappa shape index (κ2) is 7.26. The summed E-state index contributed by atoms with van der Waals surface area (Å²) >= 11 is 0. The van der Waals surface area contributed by atoms with E-state index in [1.54, 1.807) is 12.1 Å². The van der Waals surface area contributed by atoms with E-state index in [1.807, 2.05) is 12.1 Å². The molecule has 1 aromatic rings. The van der Waals surface area contributed by atoms with Crippen molar-refractivity contribution >= 4 is 17.3 Å². The molecule has 5 heteroatoms. The maximum Gasteiger partial charge on any atom is 0.224 e. The zero-order valence-corrected chi connectivity index (χ0v) is 11.7. The molecule has 1 saturated heterocycles. The number of nitrogens with two attached hydrogens (primary N) is 1. The molecule has 20 heavy (non-hydrogen) atoms. The molecule has 1 heterocycles. The van der Waals surface area contributed by atoms with E-state index >= 15 is 0 Å². The molecule has 1 aromatic carbocycles. The molecule has 0 aliphatic carbocycles. The van der Waals surface area contributed by atoms with Gasteiger partial charge in [0.25, 0.3) is 0 Å². The first kappa shape index (κ1) is 14.8. The van der Waals surface area contributed by atoms with Crippen molar-refractivity contribution in [3.8, 4) is 0 Å². The summed E-state index contributed by atoms with van der Waals surface area (Å²) in [6.45, 7) is 2.11. The number of hydrogen-bond donors (Lipinski definition) is 3. The summed E-state index contributed by atoms with van der Waals surface area (Å²) in [6, 6.07) is 7.54. The molecule has 5 nitrogen and oxygen atoms in total. The minimum absolute atomic E-state index is 0.0114. The number of carbonyl (C=O) groups excluding carboxylic acids is 1. The number of likely N-dealkylation sites (tertiary alicyclic amines) is 1. The maximum atomic E-state index is 11.9. The summed E-state index contributed by atoms with van der Waals surface area (Å²) in [4.78, 5) is 14.1. The van der Waals surface area contributed by atoms with Crippen molar-refractivity contribution in [3.05, 3.63) is 24.3 Å². The number of rotatable bonds is 6. The van der Waals surface area contributed by atoms with Gasteiger partial charge in [-0.25, -0.2) is 0 Å². The number of hydrogen-bond acceptors (Lipinski definition) is 4. The minimum atomic E-state index is -0.0114. The van der Waals surface area contributed by atoms with Gasteiger partial charge in [-0.1, -0.05) is 12.1 Å². The second-order valence-corrected chi connectivity index (χ2v) is 5.25. The van der Waals surface area contributed by atoms with Crippen LogP contribution in [0.25, 0.3) is 0 Å². The van der Waals surface area contributed by atoms with E-state index in [0.29, 0.717) is 17.8 Å². The lowest BCUT2D eigenvalue weighted by Gasteiger charge is -2.22. The Morgan fingerprint density at radius 1 is 1.45 bits per heavy atom. The van der Waals surface area contributed by atoms with Gasteiger partial charge in [-0.2, -0.15) is 0 Å². The third-order valence-electron chi connectivity index (χ3n) is 3.79. The number of anilines is 2. The lowest BCUT2D eigenvalue weighted by atomic mass is 10.2. The predicted molar refractivity (Wildman–Crippen MR) is 80.4 cm³/mol. The van der Waals surface area contributed by atoms with Crippen molar-refractivity contribution in [1.82, 2.24) is 4.90 Å². The molecule has 110 valence electrons. The Morgan fingerprint density at radius 3 is 3.00 bits per heavy atom. The van der Waals surface area contributed by atoms with E-state index in [1.165, 1.54) is 0 Å². The normalized spacial score (nSPS) is 19.1. The monoisotopic (exact) mass is 277 g/mol. The average molecular weight is 277 g/mol. The highest BCUT2D eigenvalue weighted by atomic mass is 16.3. The third kappa shape index (κ3) is 3.95. The van der Waals surface area contributed by atoms with Crippen LogP contribution in [0.4, 0.5) is 11.4 Å². The van der Waals surface area contributed by atoms with Gasteiger partial charge in [0.05, 0.1) is 18.0 Å². The van der Waals surface area contributed by atoms with E-state index in [2.05, 4.69) is 10.2 Å². The first-order valence-electron chi connectivity index (χ1n) is 7.20. The van der Waals surface area contributed by atoms with Crippen LogP contribution in [-0.2, 0) is 4.79 Å². The van der Waals surface area contributed by atoms with Crippen LogP contribution >= 0.6 is 0 Å². The number of nitrogen functional groups attached to an aromatic ring is 1. The number of amides is 1. The fraction of sp³-hybridized carbons (Fsp3) is 0.533. The Hall–Kier alpha value is -1.59. The first-order chi connectivity index (χ1) is 9.70. The van der Waals surface area contributed by atoms with Crippen LogP contribution in [0.2, 0.25) is 0 Å². The molecule has 1 unspecified atom stereocenters. The number of benzene rings is 1. The van der Waals surface area contributed by atoms with Crippen LogP contribution in [-0.4, -0.2) is 41.7 Å². The topological polar surface area (TPSA) is 78.6 Å². The lowest BCUT2D eigenvalue weighted by molar-refractivity contribution is -0.116. The van der Waals surface area contributed by atoms with Gasteiger partial charge in [0.2, 0.25) is 5.91 Å². The van der Waals surface area contributed by atoms with Crippen molar-refractivity contribution in [3.63, 3.8) is 0 Å². The molecule has 0 bridgehead atoms. The SMILES string of the molecule is Nc1ccccc1NC(=O)CCCN1CCCC1CO. The van der Waals surface area contributed by atoms with Crippen LogP contribution in [0.5, 0.6) is 0 Å². The third-order valence-corrected chi connectivity index (χ3v) is 3.79. The quantitative estimate of drug-likeness (QED) is 0.688. The summed E-state index contributed by atoms with van der Waals surface area (Å²) in [7, 11) is 0. The standard InChI is InChI=1S/C15H23N3O2/c16-13-6-1-2-7-14(13)17-15(20)8-4-10-18-9-3-5-12(18)11-19/h1-2,6-7,12,19H,3-5,8-11,16H2,(H,17,20). The van der Waals surface area contributed by atoms with Gasteiger partial charge in [0, 0.05) is 12.5 Å². The van der Waals surface area contributed by atoms with Gasteiger partial charge in [-0.05, 0) is 44.5 Å². The summed E-state index contributed by atoms with van der Waals surface area (Å²) in [5, 5.41) is 12.1. The molecule has 0 aromatic heterocycles. The largest absolute Gasteiger partial charge is 0.397 e. The van der Waals surface area contributed by atoms with E-state index in [9.17, 15) is 9.90 Å². The number of nitrogens with one attached hydrogen (secondary N) is 1. The van der Waals surface area contributed by atoms with Crippen molar-refractivity contribution in [1.29, 1.82) is 0 Å². The highest BCUT2D eigenvalue weighted by Crippen LogP contribution is 2.18. The molecule has 0 radical (unpaired) electrons. The van der Waals surface area contributed by atoms with Crippen molar-refractivity contribution in [2.75, 3.05) is 30.7 Å². The zero-order chi connectivity index (χ0) is 14.4. The van der Waals surface area contributed by atoms with E-state index < -0.39 is 0 Å². The highest BCUT2D eigenvalue weighted by molar-refractivity contribution is 5.93. The molecule has 1 aliphatic heterocycles. The van der Waals surface area contributed by atoms with E-state index in [4.69, 9.17) is 5.73 Å². The fourth-order valence-corrected chi connectivity index (χ4v) is 2.66. The van der Waals surface area contributed by atoms with Gasteiger partial charge in [-0.3, -0.25) is 9.69 Å². The summed E-state index contributed by atoms with van der Waals surface area (Å²) in [5.74, 6) is -0.0114. The Kier molecular flexibility index (Phi) is 5.38. The summed E-state index contributed by atoms with van der Waals surface area (Å²) in [5.41, 5.74) is 7.04. The average Bonchev–Trinajstić information content (AvgIpc) is 2.89. The van der Waals surface area contributed by atoms with Crippen LogP contribution in [0, 0.1) is 0 Å². The van der Waals surface area contributed by atoms with Gasteiger partial charge in [-0.15, -0.1) is 0 Å². The lowest BCUT2D eigenvalue weighted by Crippen LogP contribution is -2.33. The second-order valence-electron chi connectivity index (χ2n) is 5.25. The molecule has 2 rings (SSSR count). The number of aliphatic hydroxyl groups excluding tert-OH is 1. The van der Waals surface area contributed by atoms with E-state index in [0.717, 1.165) is 32.4 Å². The molecule has 1 amide bonds. The van der Waals surface area contributed by atoms with Crippen LogP contribution in [0.15, 0.2) is 24.3 Å². The number of carbonyl (C=O) groups is 1. The number of aliphatic hydroxyl groups is 1. The molecule has 1 fully saturated rings. The molecular formula is C15H23N3O2. The van der Waals surface area contributed by atoms with Crippen LogP contribution in [0.1, 0.15) is 25.7 Å². The zero-order valence-electron chi connectivity index (χ0n) is 11.7. The van der Waals surface area contributed by atoms with Gasteiger partial charge < -0.3 is 16.2 Å². The van der Waals surface area contributed by atoms with Crippen LogP contribution < -0.4 is 11.1 Å². The van der Waals surface area contributed by atoms with Crippen molar-refractivity contribution < 1.29 is 9.90 Å². The predicted octanol–water partition coefficient (Wildman–Crippen LogP) is 1.44. The Morgan fingerprint density at radius 2 is 2.25 bits per heavy atom. The van der Waals surface area contributed by atoms with Crippen LogP contribution in [0.3, 0.4) is 0 Å². The first-order valence-corrected chi connectivity index (χ1v) is 7.20. The Balaban J connectivity index is 1.72.